The Labute approximate surface area is 131 Å². The van der Waals surface area contributed by atoms with Gasteiger partial charge in [0.25, 0.3) is 0 Å². The van der Waals surface area contributed by atoms with Crippen molar-refractivity contribution in [3.05, 3.63) is 29.8 Å². The number of hydrogen-bond acceptors (Lipinski definition) is 1. The lowest BCUT2D eigenvalue weighted by atomic mass is 9.66. The summed E-state index contributed by atoms with van der Waals surface area (Å²) >= 11 is 0. The summed E-state index contributed by atoms with van der Waals surface area (Å²) in [5.74, 6) is 1.63. The predicted molar refractivity (Wildman–Crippen MR) is 92.8 cm³/mol. The fourth-order valence-corrected chi connectivity index (χ4v) is 3.00. The average Bonchev–Trinajstić information content (AvgIpc) is 2.34. The number of rotatable bonds is 6. The minimum absolute atomic E-state index is 0.272. The summed E-state index contributed by atoms with van der Waals surface area (Å²) in [7, 11) is 0. The molecule has 0 aliphatic carbocycles. The second-order valence-corrected chi connectivity index (χ2v) is 8.83. The molecule has 0 aromatic heterocycles. The van der Waals surface area contributed by atoms with Gasteiger partial charge in [-0.3, -0.25) is 0 Å². The van der Waals surface area contributed by atoms with Gasteiger partial charge in [0.1, 0.15) is 5.75 Å². The molecule has 0 aliphatic heterocycles. The Morgan fingerprint density at radius 2 is 1.48 bits per heavy atom. The third kappa shape index (κ3) is 6.11. The molecule has 0 saturated heterocycles. The molecular weight excluding hydrogens is 256 g/mol. The van der Waals surface area contributed by atoms with Gasteiger partial charge in [-0.15, -0.1) is 0 Å². The van der Waals surface area contributed by atoms with E-state index in [4.69, 9.17) is 0 Å². The summed E-state index contributed by atoms with van der Waals surface area (Å²) in [6, 6.07) is 7.85. The second kappa shape index (κ2) is 6.85. The normalized spacial score (nSPS) is 14.5. The number of phenolic OH excluding ortho intramolecular Hbond substituents is 1. The molecule has 0 radical (unpaired) electrons. The summed E-state index contributed by atoms with van der Waals surface area (Å²) in [5, 5.41) is 9.55. The molecule has 0 aliphatic rings. The predicted octanol–water partition coefficient (Wildman–Crippen LogP) is 6.37. The van der Waals surface area contributed by atoms with Crippen molar-refractivity contribution in [1.29, 1.82) is 0 Å². The van der Waals surface area contributed by atoms with E-state index >= 15 is 0 Å². The number of aromatic hydroxyl groups is 1. The zero-order valence-corrected chi connectivity index (χ0v) is 15.0. The first-order valence-corrected chi connectivity index (χ1v) is 8.30. The quantitative estimate of drug-likeness (QED) is 0.645. The van der Waals surface area contributed by atoms with Crippen LogP contribution < -0.4 is 0 Å². The zero-order chi connectivity index (χ0) is 16.3. The molecule has 120 valence electrons. The molecule has 1 heteroatoms. The third-order valence-corrected chi connectivity index (χ3v) is 4.42. The van der Waals surface area contributed by atoms with E-state index in [1.54, 1.807) is 0 Å². The van der Waals surface area contributed by atoms with Gasteiger partial charge in [0, 0.05) is 0 Å². The number of phenols is 1. The molecule has 1 aromatic carbocycles. The van der Waals surface area contributed by atoms with E-state index in [9.17, 15) is 5.11 Å². The highest BCUT2D eigenvalue weighted by Crippen LogP contribution is 2.46. The highest BCUT2D eigenvalue weighted by Gasteiger charge is 2.33. The van der Waals surface area contributed by atoms with Crippen LogP contribution in [0, 0.1) is 16.7 Å². The lowest BCUT2D eigenvalue weighted by molar-refractivity contribution is 0.186. The van der Waals surface area contributed by atoms with E-state index in [-0.39, 0.29) is 5.41 Å². The molecule has 1 N–H and O–H groups in total. The molecule has 1 unspecified atom stereocenters. The van der Waals surface area contributed by atoms with E-state index in [0.29, 0.717) is 17.1 Å². The molecule has 0 amide bonds. The smallest absolute Gasteiger partial charge is 0.115 e. The number of hydrogen-bond donors (Lipinski definition) is 1. The summed E-state index contributed by atoms with van der Waals surface area (Å²) in [4.78, 5) is 0. The Hall–Kier alpha value is -0.980. The van der Waals surface area contributed by atoms with Crippen molar-refractivity contribution in [2.24, 2.45) is 16.7 Å². The van der Waals surface area contributed by atoms with E-state index in [0.717, 1.165) is 5.92 Å². The number of benzene rings is 1. The zero-order valence-electron chi connectivity index (χ0n) is 15.0. The van der Waals surface area contributed by atoms with Gasteiger partial charge in [-0.05, 0) is 53.2 Å². The highest BCUT2D eigenvalue weighted by atomic mass is 16.3. The van der Waals surface area contributed by atoms with Crippen molar-refractivity contribution in [3.8, 4) is 5.75 Å². The Morgan fingerprint density at radius 1 is 0.952 bits per heavy atom. The van der Waals surface area contributed by atoms with Crippen molar-refractivity contribution in [1.82, 2.24) is 0 Å². The van der Waals surface area contributed by atoms with Crippen LogP contribution in [-0.2, 0) is 0 Å². The molecule has 0 saturated carbocycles. The van der Waals surface area contributed by atoms with Crippen LogP contribution in [0.15, 0.2) is 24.3 Å². The molecule has 1 aromatic rings. The maximum absolute atomic E-state index is 9.55. The summed E-state index contributed by atoms with van der Waals surface area (Å²) < 4.78 is 0. The van der Waals surface area contributed by atoms with Gasteiger partial charge in [-0.1, -0.05) is 67.0 Å². The lowest BCUT2D eigenvalue weighted by Crippen LogP contribution is -2.27. The van der Waals surface area contributed by atoms with Gasteiger partial charge in [0.2, 0.25) is 0 Å². The molecule has 0 spiro atoms. The van der Waals surface area contributed by atoms with E-state index in [1.807, 2.05) is 12.1 Å². The topological polar surface area (TPSA) is 20.2 Å². The Bertz CT molecular complexity index is 420. The molecule has 21 heavy (non-hydrogen) atoms. The fraction of sp³-hybridized carbons (Fsp3) is 0.700. The summed E-state index contributed by atoms with van der Waals surface area (Å²) in [6.07, 6.45) is 3.68. The first-order chi connectivity index (χ1) is 9.51. The molecule has 1 nitrogen and oxygen atoms in total. The van der Waals surface area contributed by atoms with E-state index in [1.165, 1.54) is 24.8 Å². The van der Waals surface area contributed by atoms with Crippen molar-refractivity contribution in [2.75, 3.05) is 0 Å². The molecular formula is C20H34O. The van der Waals surface area contributed by atoms with Crippen LogP contribution in [0.5, 0.6) is 5.75 Å². The standard InChI is InChI=1S/C20H34O/c1-15(2)12-13-20(6,7)18(14-19(3,4)5)16-8-10-17(21)11-9-16/h8-11,15,18,21H,12-14H2,1-7H3. The first-order valence-electron chi connectivity index (χ1n) is 8.30. The summed E-state index contributed by atoms with van der Waals surface area (Å²) in [6.45, 7) is 16.4. The van der Waals surface area contributed by atoms with Gasteiger partial charge in [0.05, 0.1) is 0 Å². The van der Waals surface area contributed by atoms with Gasteiger partial charge in [0.15, 0.2) is 0 Å². The Morgan fingerprint density at radius 3 is 1.90 bits per heavy atom. The molecule has 0 fully saturated rings. The Kier molecular flexibility index (Phi) is 5.90. The van der Waals surface area contributed by atoms with Crippen LogP contribution in [0.2, 0.25) is 0 Å². The van der Waals surface area contributed by atoms with Gasteiger partial charge in [-0.25, -0.2) is 0 Å². The fourth-order valence-electron chi connectivity index (χ4n) is 3.00. The molecule has 1 rings (SSSR count). The second-order valence-electron chi connectivity index (χ2n) is 8.83. The van der Waals surface area contributed by atoms with Crippen molar-refractivity contribution in [3.63, 3.8) is 0 Å². The van der Waals surface area contributed by atoms with Crippen LogP contribution in [-0.4, -0.2) is 5.11 Å². The van der Waals surface area contributed by atoms with E-state index < -0.39 is 0 Å². The highest BCUT2D eigenvalue weighted by molar-refractivity contribution is 5.29. The maximum atomic E-state index is 9.55. The van der Waals surface area contributed by atoms with Crippen molar-refractivity contribution >= 4 is 0 Å². The maximum Gasteiger partial charge on any atom is 0.115 e. The third-order valence-electron chi connectivity index (χ3n) is 4.42. The Balaban J connectivity index is 3.03. The molecule has 0 bridgehead atoms. The van der Waals surface area contributed by atoms with Gasteiger partial charge < -0.3 is 5.11 Å². The minimum atomic E-state index is 0.272. The van der Waals surface area contributed by atoms with Crippen molar-refractivity contribution in [2.45, 2.75) is 73.6 Å². The van der Waals surface area contributed by atoms with Crippen molar-refractivity contribution < 1.29 is 5.11 Å². The monoisotopic (exact) mass is 290 g/mol. The lowest BCUT2D eigenvalue weighted by Gasteiger charge is -2.39. The summed E-state index contributed by atoms with van der Waals surface area (Å²) in [5.41, 5.74) is 1.93. The van der Waals surface area contributed by atoms with Crippen LogP contribution >= 0.6 is 0 Å². The van der Waals surface area contributed by atoms with Gasteiger partial charge >= 0.3 is 0 Å². The molecule has 0 heterocycles. The first kappa shape index (κ1) is 18.1. The minimum Gasteiger partial charge on any atom is -0.508 e. The SMILES string of the molecule is CC(C)CCC(C)(C)C(CC(C)(C)C)c1ccc(O)cc1. The van der Waals surface area contributed by atoms with Crippen LogP contribution in [0.3, 0.4) is 0 Å². The van der Waals surface area contributed by atoms with Crippen LogP contribution in [0.4, 0.5) is 0 Å². The van der Waals surface area contributed by atoms with Crippen LogP contribution in [0.25, 0.3) is 0 Å². The molecule has 1 atom stereocenters. The average molecular weight is 290 g/mol. The van der Waals surface area contributed by atoms with E-state index in [2.05, 4.69) is 60.6 Å². The van der Waals surface area contributed by atoms with Crippen LogP contribution in [0.1, 0.15) is 79.2 Å². The largest absolute Gasteiger partial charge is 0.508 e. The van der Waals surface area contributed by atoms with Gasteiger partial charge in [-0.2, -0.15) is 0 Å².